The highest BCUT2D eigenvalue weighted by Crippen LogP contribution is 2.25. The van der Waals surface area contributed by atoms with E-state index in [1.54, 1.807) is 0 Å². The van der Waals surface area contributed by atoms with Crippen LogP contribution in [0.5, 0.6) is 0 Å². The number of hydrogen-bond acceptors (Lipinski definition) is 1. The monoisotopic (exact) mass is 339 g/mol. The van der Waals surface area contributed by atoms with Crippen molar-refractivity contribution in [2.75, 3.05) is 0 Å². The van der Waals surface area contributed by atoms with Crippen LogP contribution in [-0.2, 0) is 6.42 Å². The molecular formula is C25H25N. The lowest BCUT2D eigenvalue weighted by Gasteiger charge is -2.07. The normalized spacial score (nSPS) is 10.5. The van der Waals surface area contributed by atoms with Gasteiger partial charge in [0.05, 0.1) is 11.6 Å². The number of aryl methyl sites for hydroxylation is 1. The lowest BCUT2D eigenvalue weighted by atomic mass is 9.98. The number of nitrogens with zero attached hydrogens (tertiary/aromatic N) is 1. The topological polar surface area (TPSA) is 23.8 Å². The van der Waals surface area contributed by atoms with Crippen LogP contribution < -0.4 is 0 Å². The van der Waals surface area contributed by atoms with Gasteiger partial charge < -0.3 is 0 Å². The fourth-order valence-corrected chi connectivity index (χ4v) is 3.21. The average molecular weight is 339 g/mol. The lowest BCUT2D eigenvalue weighted by molar-refractivity contribution is 0.667. The van der Waals surface area contributed by atoms with Crippen molar-refractivity contribution in [3.63, 3.8) is 0 Å². The molecule has 0 fully saturated rings. The number of unbranched alkanes of at least 4 members (excludes halogenated alkanes) is 3. The first-order valence-corrected chi connectivity index (χ1v) is 9.50. The Labute approximate surface area is 156 Å². The maximum atomic E-state index is 8.90. The minimum absolute atomic E-state index is 0.695. The first-order valence-electron chi connectivity index (χ1n) is 9.50. The molecule has 0 saturated carbocycles. The summed E-state index contributed by atoms with van der Waals surface area (Å²) in [6, 6.07) is 27.5. The molecule has 0 heterocycles. The molecule has 0 aliphatic rings. The summed E-state index contributed by atoms with van der Waals surface area (Å²) in [5.74, 6) is 0. The van der Waals surface area contributed by atoms with Crippen molar-refractivity contribution in [1.82, 2.24) is 0 Å². The summed E-state index contributed by atoms with van der Waals surface area (Å²) < 4.78 is 0. The van der Waals surface area contributed by atoms with Crippen molar-refractivity contribution in [3.8, 4) is 28.3 Å². The third-order valence-corrected chi connectivity index (χ3v) is 4.84. The molecule has 0 bridgehead atoms. The first-order chi connectivity index (χ1) is 12.8. The summed E-state index contributed by atoms with van der Waals surface area (Å²) in [7, 11) is 0. The zero-order valence-electron chi connectivity index (χ0n) is 15.4. The predicted molar refractivity (Wildman–Crippen MR) is 110 cm³/mol. The molecule has 0 saturated heterocycles. The maximum absolute atomic E-state index is 8.90. The van der Waals surface area contributed by atoms with Gasteiger partial charge in [0.2, 0.25) is 0 Å². The Balaban J connectivity index is 1.67. The van der Waals surface area contributed by atoms with Gasteiger partial charge in [-0.3, -0.25) is 0 Å². The number of benzene rings is 3. The first kappa shape index (κ1) is 18.0. The largest absolute Gasteiger partial charge is 0.192 e. The van der Waals surface area contributed by atoms with E-state index in [4.69, 9.17) is 5.26 Å². The van der Waals surface area contributed by atoms with Crippen LogP contribution in [0.25, 0.3) is 22.3 Å². The van der Waals surface area contributed by atoms with Crippen LogP contribution in [0.4, 0.5) is 0 Å². The Bertz CT molecular complexity index is 850. The summed E-state index contributed by atoms with van der Waals surface area (Å²) in [5.41, 5.74) is 6.93. The third kappa shape index (κ3) is 4.61. The minimum atomic E-state index is 0.695. The van der Waals surface area contributed by atoms with Crippen LogP contribution >= 0.6 is 0 Å². The predicted octanol–water partition coefficient (Wildman–Crippen LogP) is 7.02. The Kier molecular flexibility index (Phi) is 6.23. The van der Waals surface area contributed by atoms with E-state index >= 15 is 0 Å². The zero-order chi connectivity index (χ0) is 18.2. The fraction of sp³-hybridized carbons (Fsp3) is 0.240. The molecule has 3 aromatic rings. The molecule has 26 heavy (non-hydrogen) atoms. The lowest BCUT2D eigenvalue weighted by Crippen LogP contribution is -1.86. The molecule has 1 heteroatoms. The zero-order valence-corrected chi connectivity index (χ0v) is 15.4. The summed E-state index contributed by atoms with van der Waals surface area (Å²) >= 11 is 0. The minimum Gasteiger partial charge on any atom is -0.192 e. The maximum Gasteiger partial charge on any atom is 0.0991 e. The number of rotatable bonds is 7. The molecule has 0 N–H and O–H groups in total. The van der Waals surface area contributed by atoms with Crippen molar-refractivity contribution in [2.45, 2.75) is 39.0 Å². The smallest absolute Gasteiger partial charge is 0.0991 e. The van der Waals surface area contributed by atoms with E-state index in [0.29, 0.717) is 5.56 Å². The molecule has 0 aromatic heterocycles. The molecule has 0 spiro atoms. The van der Waals surface area contributed by atoms with Crippen LogP contribution in [0, 0.1) is 11.3 Å². The van der Waals surface area contributed by atoms with Crippen LogP contribution in [0.15, 0.2) is 72.8 Å². The summed E-state index contributed by atoms with van der Waals surface area (Å²) in [5, 5.41) is 8.90. The van der Waals surface area contributed by atoms with Gasteiger partial charge in [-0.15, -0.1) is 0 Å². The van der Waals surface area contributed by atoms with E-state index in [2.05, 4.69) is 61.5 Å². The van der Waals surface area contributed by atoms with Gasteiger partial charge in [-0.25, -0.2) is 0 Å². The molecule has 0 aliphatic carbocycles. The fourth-order valence-electron chi connectivity index (χ4n) is 3.21. The van der Waals surface area contributed by atoms with Gasteiger partial charge in [-0.2, -0.15) is 5.26 Å². The standard InChI is InChI=1S/C25H25N/c1-2-3-4-5-6-20-7-11-22(12-8-20)24-15-17-25(18-16-24)23-13-9-21(19-26)10-14-23/h7-18H,2-6H2,1H3. The van der Waals surface area contributed by atoms with Gasteiger partial charge in [0.15, 0.2) is 0 Å². The SMILES string of the molecule is CCCCCCc1ccc(-c2ccc(-c3ccc(C#N)cc3)cc2)cc1. The van der Waals surface area contributed by atoms with Crippen LogP contribution in [0.3, 0.4) is 0 Å². The Morgan fingerprint density at radius 2 is 1.08 bits per heavy atom. The molecule has 0 atom stereocenters. The Hall–Kier alpha value is -2.85. The summed E-state index contributed by atoms with van der Waals surface area (Å²) in [6.07, 6.45) is 6.42. The quantitative estimate of drug-likeness (QED) is 0.424. The molecule has 3 rings (SSSR count). The van der Waals surface area contributed by atoms with Crippen LogP contribution in [-0.4, -0.2) is 0 Å². The van der Waals surface area contributed by atoms with Crippen molar-refractivity contribution in [3.05, 3.63) is 83.9 Å². The summed E-state index contributed by atoms with van der Waals surface area (Å²) in [4.78, 5) is 0. The van der Waals surface area contributed by atoms with Gasteiger partial charge in [0.1, 0.15) is 0 Å². The number of nitriles is 1. The van der Waals surface area contributed by atoms with Crippen molar-refractivity contribution >= 4 is 0 Å². The second-order valence-corrected chi connectivity index (χ2v) is 6.77. The molecular weight excluding hydrogens is 314 g/mol. The molecule has 0 amide bonds. The van der Waals surface area contributed by atoms with E-state index < -0.39 is 0 Å². The Morgan fingerprint density at radius 1 is 0.615 bits per heavy atom. The van der Waals surface area contributed by atoms with E-state index in [-0.39, 0.29) is 0 Å². The van der Waals surface area contributed by atoms with Crippen molar-refractivity contribution in [2.24, 2.45) is 0 Å². The van der Waals surface area contributed by atoms with E-state index in [9.17, 15) is 0 Å². The Morgan fingerprint density at radius 3 is 1.54 bits per heavy atom. The third-order valence-electron chi connectivity index (χ3n) is 4.84. The van der Waals surface area contributed by atoms with Gasteiger partial charge in [-0.1, -0.05) is 86.8 Å². The second kappa shape index (κ2) is 9.02. The van der Waals surface area contributed by atoms with Gasteiger partial charge in [-0.05, 0) is 52.8 Å². The van der Waals surface area contributed by atoms with E-state index in [1.165, 1.54) is 54.4 Å². The van der Waals surface area contributed by atoms with Gasteiger partial charge in [0, 0.05) is 0 Å². The summed E-state index contributed by atoms with van der Waals surface area (Å²) in [6.45, 7) is 2.25. The highest BCUT2D eigenvalue weighted by molar-refractivity contribution is 5.70. The van der Waals surface area contributed by atoms with Crippen LogP contribution in [0.1, 0.15) is 43.7 Å². The van der Waals surface area contributed by atoms with E-state index in [1.807, 2.05) is 24.3 Å². The second-order valence-electron chi connectivity index (χ2n) is 6.77. The van der Waals surface area contributed by atoms with Gasteiger partial charge >= 0.3 is 0 Å². The van der Waals surface area contributed by atoms with Crippen molar-refractivity contribution < 1.29 is 0 Å². The van der Waals surface area contributed by atoms with E-state index in [0.717, 1.165) is 5.56 Å². The molecule has 130 valence electrons. The number of hydrogen-bond donors (Lipinski definition) is 0. The highest BCUT2D eigenvalue weighted by Gasteiger charge is 2.02. The van der Waals surface area contributed by atoms with Crippen LogP contribution in [0.2, 0.25) is 0 Å². The van der Waals surface area contributed by atoms with Gasteiger partial charge in [0.25, 0.3) is 0 Å². The molecule has 0 unspecified atom stereocenters. The van der Waals surface area contributed by atoms with Crippen molar-refractivity contribution in [1.29, 1.82) is 5.26 Å². The highest BCUT2D eigenvalue weighted by atomic mass is 14.2. The molecule has 0 radical (unpaired) electrons. The molecule has 1 nitrogen and oxygen atoms in total. The molecule has 0 aliphatic heterocycles. The molecule has 3 aromatic carbocycles. The average Bonchev–Trinajstić information content (AvgIpc) is 2.72.